The number of benzene rings is 1. The van der Waals surface area contributed by atoms with Crippen molar-refractivity contribution in [3.8, 4) is 0 Å². The van der Waals surface area contributed by atoms with Crippen LogP contribution in [0.4, 0.5) is 5.69 Å². The van der Waals surface area contributed by atoms with Gasteiger partial charge in [0.25, 0.3) is 0 Å². The predicted octanol–water partition coefficient (Wildman–Crippen LogP) is 3.91. The van der Waals surface area contributed by atoms with Crippen LogP contribution in [0.3, 0.4) is 0 Å². The highest BCUT2D eigenvalue weighted by Crippen LogP contribution is 2.39. The first-order valence-corrected chi connectivity index (χ1v) is 8.11. The van der Waals surface area contributed by atoms with Gasteiger partial charge in [-0.2, -0.15) is 0 Å². The van der Waals surface area contributed by atoms with Crippen LogP contribution in [0.2, 0.25) is 0 Å². The molecule has 3 nitrogen and oxygen atoms in total. The van der Waals surface area contributed by atoms with E-state index in [0.29, 0.717) is 12.0 Å². The lowest BCUT2D eigenvalue weighted by atomic mass is 10.1. The average Bonchev–Trinajstić information content (AvgIpc) is 2.46. The molecule has 1 unspecified atom stereocenters. The Morgan fingerprint density at radius 2 is 2.10 bits per heavy atom. The van der Waals surface area contributed by atoms with Gasteiger partial charge in [-0.05, 0) is 25.5 Å². The minimum atomic E-state index is -0.0490. The Hall–Kier alpha value is -1.29. The molecule has 0 fully saturated rings. The van der Waals surface area contributed by atoms with Gasteiger partial charge in [0, 0.05) is 23.4 Å². The van der Waals surface area contributed by atoms with Crippen molar-refractivity contribution in [1.29, 1.82) is 0 Å². The largest absolute Gasteiger partial charge is 0.310 e. The summed E-state index contributed by atoms with van der Waals surface area (Å²) >= 11 is 1.58. The van der Waals surface area contributed by atoms with Gasteiger partial charge in [0.1, 0.15) is 0 Å². The monoisotopic (exact) mass is 291 g/mol. The Kier molecular flexibility index (Phi) is 4.86. The number of anilines is 1. The number of rotatable bonds is 5. The van der Waals surface area contributed by atoms with Crippen molar-refractivity contribution < 1.29 is 9.59 Å². The third kappa shape index (κ3) is 2.90. The Morgan fingerprint density at radius 3 is 2.75 bits per heavy atom. The standard InChI is InChI=1S/C16H21NO2S/c1-4-6-9-17-13-10-12(14(18)5-2)7-8-15(13)20-11(3)16(17)19/h7-8,10-11H,4-6,9H2,1-3H3. The first kappa shape index (κ1) is 15.1. The van der Waals surface area contributed by atoms with Crippen LogP contribution in [0.15, 0.2) is 23.1 Å². The molecule has 4 heteroatoms. The van der Waals surface area contributed by atoms with Crippen LogP contribution >= 0.6 is 11.8 Å². The van der Waals surface area contributed by atoms with Crippen molar-refractivity contribution >= 4 is 29.1 Å². The van der Waals surface area contributed by atoms with Crippen LogP contribution in [0.25, 0.3) is 0 Å². The van der Waals surface area contributed by atoms with Crippen LogP contribution in [-0.2, 0) is 4.79 Å². The summed E-state index contributed by atoms with van der Waals surface area (Å²) in [5.41, 5.74) is 1.61. The number of amides is 1. The minimum absolute atomic E-state index is 0.0490. The quantitative estimate of drug-likeness (QED) is 0.772. The molecule has 1 aromatic carbocycles. The van der Waals surface area contributed by atoms with Gasteiger partial charge in [-0.3, -0.25) is 9.59 Å². The van der Waals surface area contributed by atoms with Crippen molar-refractivity contribution in [2.45, 2.75) is 50.2 Å². The highest BCUT2D eigenvalue weighted by atomic mass is 32.2. The average molecular weight is 291 g/mol. The molecule has 2 rings (SSSR count). The molecule has 0 bridgehead atoms. The lowest BCUT2D eigenvalue weighted by molar-refractivity contribution is -0.118. The number of ketones is 1. The number of fused-ring (bicyclic) bond motifs is 1. The zero-order valence-corrected chi connectivity index (χ0v) is 13.1. The number of carbonyl (C=O) groups excluding carboxylic acids is 2. The summed E-state index contributed by atoms with van der Waals surface area (Å²) in [4.78, 5) is 27.2. The van der Waals surface area contributed by atoms with E-state index in [2.05, 4.69) is 6.92 Å². The number of unbranched alkanes of at least 4 members (excludes halogenated alkanes) is 1. The van der Waals surface area contributed by atoms with E-state index in [4.69, 9.17) is 0 Å². The van der Waals surface area contributed by atoms with E-state index >= 15 is 0 Å². The minimum Gasteiger partial charge on any atom is -0.310 e. The second-order valence-corrected chi connectivity index (χ2v) is 6.45. The Morgan fingerprint density at radius 1 is 1.35 bits per heavy atom. The van der Waals surface area contributed by atoms with E-state index in [9.17, 15) is 9.59 Å². The molecule has 1 heterocycles. The lowest BCUT2D eigenvalue weighted by Gasteiger charge is -2.32. The lowest BCUT2D eigenvalue weighted by Crippen LogP contribution is -2.40. The van der Waals surface area contributed by atoms with E-state index in [1.807, 2.05) is 36.9 Å². The van der Waals surface area contributed by atoms with Gasteiger partial charge in [-0.15, -0.1) is 11.8 Å². The van der Waals surface area contributed by atoms with E-state index in [-0.39, 0.29) is 16.9 Å². The van der Waals surface area contributed by atoms with E-state index in [1.165, 1.54) is 0 Å². The van der Waals surface area contributed by atoms with Gasteiger partial charge >= 0.3 is 0 Å². The molecule has 0 spiro atoms. The highest BCUT2D eigenvalue weighted by molar-refractivity contribution is 8.00. The van der Waals surface area contributed by atoms with Crippen molar-refractivity contribution in [1.82, 2.24) is 0 Å². The van der Waals surface area contributed by atoms with Gasteiger partial charge in [0.15, 0.2) is 5.78 Å². The summed E-state index contributed by atoms with van der Waals surface area (Å²) in [6, 6.07) is 5.73. The molecule has 20 heavy (non-hydrogen) atoms. The third-order valence-corrected chi connectivity index (χ3v) is 4.70. The van der Waals surface area contributed by atoms with E-state index in [0.717, 1.165) is 30.0 Å². The molecule has 0 saturated heterocycles. The maximum Gasteiger partial charge on any atom is 0.240 e. The molecule has 0 aliphatic carbocycles. The second-order valence-electron chi connectivity index (χ2n) is 5.06. The van der Waals surface area contributed by atoms with Crippen LogP contribution in [-0.4, -0.2) is 23.5 Å². The summed E-state index contributed by atoms with van der Waals surface area (Å²) in [7, 11) is 0. The fourth-order valence-electron chi connectivity index (χ4n) is 2.33. The Bertz CT molecular complexity index is 527. The summed E-state index contributed by atoms with van der Waals surface area (Å²) < 4.78 is 0. The number of hydrogen-bond donors (Lipinski definition) is 0. The molecule has 1 aliphatic rings. The highest BCUT2D eigenvalue weighted by Gasteiger charge is 2.30. The second kappa shape index (κ2) is 6.44. The molecule has 108 valence electrons. The molecular weight excluding hydrogens is 270 g/mol. The van der Waals surface area contributed by atoms with E-state index < -0.39 is 0 Å². The first-order chi connectivity index (χ1) is 9.58. The molecule has 1 aliphatic heterocycles. The summed E-state index contributed by atoms with van der Waals surface area (Å²) in [6.45, 7) is 6.65. The predicted molar refractivity (Wildman–Crippen MR) is 83.6 cm³/mol. The molecule has 0 radical (unpaired) electrons. The van der Waals surface area contributed by atoms with Crippen molar-refractivity contribution in [2.75, 3.05) is 11.4 Å². The zero-order chi connectivity index (χ0) is 14.7. The number of thioether (sulfide) groups is 1. The summed E-state index contributed by atoms with van der Waals surface area (Å²) in [5, 5.41) is -0.0490. The fourth-order valence-corrected chi connectivity index (χ4v) is 3.38. The summed E-state index contributed by atoms with van der Waals surface area (Å²) in [5.74, 6) is 0.274. The molecule has 0 saturated carbocycles. The van der Waals surface area contributed by atoms with Crippen LogP contribution in [0, 0.1) is 0 Å². The maximum absolute atomic E-state index is 12.4. The van der Waals surface area contributed by atoms with Crippen molar-refractivity contribution in [3.63, 3.8) is 0 Å². The zero-order valence-electron chi connectivity index (χ0n) is 12.3. The van der Waals surface area contributed by atoms with Crippen molar-refractivity contribution in [2.24, 2.45) is 0 Å². The molecule has 1 aromatic rings. The molecule has 1 atom stereocenters. The SMILES string of the molecule is CCCCN1C(=O)C(C)Sc2ccc(C(=O)CC)cc21. The Labute approximate surface area is 124 Å². The van der Waals surface area contributed by atoms with Gasteiger partial charge in [0.2, 0.25) is 5.91 Å². The summed E-state index contributed by atoms with van der Waals surface area (Å²) in [6.07, 6.45) is 2.52. The van der Waals surface area contributed by atoms with Gasteiger partial charge in [-0.25, -0.2) is 0 Å². The molecule has 0 N–H and O–H groups in total. The third-order valence-electron chi connectivity index (χ3n) is 3.55. The molecule has 0 aromatic heterocycles. The number of nitrogens with zero attached hydrogens (tertiary/aromatic N) is 1. The molecular formula is C16H21NO2S. The maximum atomic E-state index is 12.4. The van der Waals surface area contributed by atoms with Gasteiger partial charge in [0.05, 0.1) is 10.9 Å². The van der Waals surface area contributed by atoms with Crippen molar-refractivity contribution in [3.05, 3.63) is 23.8 Å². The molecule has 1 amide bonds. The Balaban J connectivity index is 2.40. The fraction of sp³-hybridized carbons (Fsp3) is 0.500. The van der Waals surface area contributed by atoms with Gasteiger partial charge in [-0.1, -0.05) is 26.3 Å². The number of Topliss-reactive ketones (excluding diaryl/α,β-unsaturated/α-hetero) is 1. The normalized spacial score (nSPS) is 18.1. The number of hydrogen-bond acceptors (Lipinski definition) is 3. The van der Waals surface area contributed by atoms with Crippen LogP contribution in [0.1, 0.15) is 50.4 Å². The van der Waals surface area contributed by atoms with Gasteiger partial charge < -0.3 is 4.90 Å². The number of carbonyl (C=O) groups is 2. The first-order valence-electron chi connectivity index (χ1n) is 7.23. The van der Waals surface area contributed by atoms with Crippen LogP contribution in [0.5, 0.6) is 0 Å². The van der Waals surface area contributed by atoms with E-state index in [1.54, 1.807) is 11.8 Å². The smallest absolute Gasteiger partial charge is 0.240 e. The van der Waals surface area contributed by atoms with Crippen LogP contribution < -0.4 is 4.90 Å². The topological polar surface area (TPSA) is 37.4 Å².